The molecular weight excluding hydrogens is 188 g/mol. The van der Waals surface area contributed by atoms with Crippen LogP contribution in [0.15, 0.2) is 24.3 Å². The fourth-order valence-electron chi connectivity index (χ4n) is 1.99. The SMILES string of the molecule is CC(C)C1(C)CC(O)c2ccccc2O1. The van der Waals surface area contributed by atoms with Crippen LogP contribution in [0.5, 0.6) is 5.75 Å². The second kappa shape index (κ2) is 3.53. The Hall–Kier alpha value is -1.02. The number of rotatable bonds is 1. The summed E-state index contributed by atoms with van der Waals surface area (Å²) in [5.41, 5.74) is 0.656. The van der Waals surface area contributed by atoms with E-state index in [2.05, 4.69) is 20.8 Å². The number of aliphatic hydroxyl groups is 1. The lowest BCUT2D eigenvalue weighted by molar-refractivity contribution is -0.0321. The van der Waals surface area contributed by atoms with E-state index in [9.17, 15) is 5.11 Å². The van der Waals surface area contributed by atoms with Gasteiger partial charge in [0, 0.05) is 12.0 Å². The molecule has 2 unspecified atom stereocenters. The highest BCUT2D eigenvalue weighted by Gasteiger charge is 2.38. The van der Waals surface area contributed by atoms with Crippen LogP contribution in [0.4, 0.5) is 0 Å². The fraction of sp³-hybridized carbons (Fsp3) is 0.538. The van der Waals surface area contributed by atoms with Crippen molar-refractivity contribution in [1.29, 1.82) is 0 Å². The lowest BCUT2D eigenvalue weighted by Crippen LogP contribution is -2.42. The molecule has 0 amide bonds. The molecule has 1 aliphatic heterocycles. The van der Waals surface area contributed by atoms with Gasteiger partial charge in [0.25, 0.3) is 0 Å². The number of ether oxygens (including phenoxy) is 1. The third kappa shape index (κ3) is 1.74. The van der Waals surface area contributed by atoms with Crippen LogP contribution in [0, 0.1) is 5.92 Å². The van der Waals surface area contributed by atoms with Crippen LogP contribution in [-0.2, 0) is 0 Å². The lowest BCUT2D eigenvalue weighted by Gasteiger charge is -2.41. The largest absolute Gasteiger partial charge is 0.487 e. The van der Waals surface area contributed by atoms with E-state index in [1.165, 1.54) is 0 Å². The fourth-order valence-corrected chi connectivity index (χ4v) is 1.99. The highest BCUT2D eigenvalue weighted by molar-refractivity contribution is 5.37. The van der Waals surface area contributed by atoms with Gasteiger partial charge in [-0.3, -0.25) is 0 Å². The highest BCUT2D eigenvalue weighted by Crippen LogP contribution is 2.42. The maximum atomic E-state index is 10.1. The molecule has 2 heteroatoms. The Morgan fingerprint density at radius 1 is 1.40 bits per heavy atom. The minimum absolute atomic E-state index is 0.256. The topological polar surface area (TPSA) is 29.5 Å². The Bertz CT molecular complexity index is 359. The summed E-state index contributed by atoms with van der Waals surface area (Å²) in [6.07, 6.45) is 0.268. The zero-order valence-corrected chi connectivity index (χ0v) is 9.53. The summed E-state index contributed by atoms with van der Waals surface area (Å²) in [5, 5.41) is 10.1. The van der Waals surface area contributed by atoms with Crippen LogP contribution in [0.3, 0.4) is 0 Å². The Morgan fingerprint density at radius 2 is 2.07 bits per heavy atom. The van der Waals surface area contributed by atoms with Crippen LogP contribution in [0.1, 0.15) is 38.9 Å². The molecule has 2 atom stereocenters. The molecule has 0 aliphatic carbocycles. The van der Waals surface area contributed by atoms with Crippen LogP contribution < -0.4 is 4.74 Å². The van der Waals surface area contributed by atoms with Crippen molar-refractivity contribution in [3.8, 4) is 5.75 Å². The summed E-state index contributed by atoms with van der Waals surface area (Å²) in [7, 11) is 0. The molecule has 2 nitrogen and oxygen atoms in total. The average Bonchev–Trinajstić information content (AvgIpc) is 2.17. The van der Waals surface area contributed by atoms with Crippen LogP contribution in [-0.4, -0.2) is 10.7 Å². The molecule has 1 aliphatic rings. The number of hydrogen-bond acceptors (Lipinski definition) is 2. The number of aliphatic hydroxyl groups excluding tert-OH is 1. The summed E-state index contributed by atoms with van der Waals surface area (Å²) in [6.45, 7) is 6.32. The van der Waals surface area contributed by atoms with Gasteiger partial charge >= 0.3 is 0 Å². The molecule has 82 valence electrons. The van der Waals surface area contributed by atoms with E-state index in [1.54, 1.807) is 0 Å². The van der Waals surface area contributed by atoms with Gasteiger partial charge in [0.2, 0.25) is 0 Å². The zero-order chi connectivity index (χ0) is 11.1. The van der Waals surface area contributed by atoms with Crippen molar-refractivity contribution in [2.45, 2.75) is 38.9 Å². The third-order valence-electron chi connectivity index (χ3n) is 3.44. The Kier molecular flexibility index (Phi) is 2.47. The molecule has 15 heavy (non-hydrogen) atoms. The monoisotopic (exact) mass is 206 g/mol. The van der Waals surface area contributed by atoms with E-state index in [4.69, 9.17) is 4.74 Å². The van der Waals surface area contributed by atoms with Gasteiger partial charge in [-0.15, -0.1) is 0 Å². The van der Waals surface area contributed by atoms with E-state index in [0.717, 1.165) is 11.3 Å². The second-order valence-corrected chi connectivity index (χ2v) is 4.83. The van der Waals surface area contributed by atoms with Crippen LogP contribution >= 0.6 is 0 Å². The first-order valence-electron chi connectivity index (χ1n) is 5.49. The summed E-state index contributed by atoms with van der Waals surface area (Å²) < 4.78 is 5.99. The van der Waals surface area contributed by atoms with Gasteiger partial charge in [-0.1, -0.05) is 32.0 Å². The quantitative estimate of drug-likeness (QED) is 0.765. The average molecular weight is 206 g/mol. The van der Waals surface area contributed by atoms with Gasteiger partial charge in [-0.25, -0.2) is 0 Å². The van der Waals surface area contributed by atoms with Crippen molar-refractivity contribution in [3.63, 3.8) is 0 Å². The molecule has 0 spiro atoms. The predicted octanol–water partition coefficient (Wildman–Crippen LogP) is 2.92. The van der Waals surface area contributed by atoms with Gasteiger partial charge in [0.1, 0.15) is 11.4 Å². The molecule has 1 aromatic carbocycles. The molecule has 0 aromatic heterocycles. The van der Waals surface area contributed by atoms with E-state index >= 15 is 0 Å². The van der Waals surface area contributed by atoms with Crippen molar-refractivity contribution >= 4 is 0 Å². The van der Waals surface area contributed by atoms with Gasteiger partial charge in [0.05, 0.1) is 6.10 Å². The van der Waals surface area contributed by atoms with Gasteiger partial charge in [-0.2, -0.15) is 0 Å². The Balaban J connectivity index is 2.38. The van der Waals surface area contributed by atoms with Crippen molar-refractivity contribution in [2.75, 3.05) is 0 Å². The minimum atomic E-state index is -0.401. The van der Waals surface area contributed by atoms with Crippen molar-refractivity contribution in [2.24, 2.45) is 5.92 Å². The smallest absolute Gasteiger partial charge is 0.125 e. The predicted molar refractivity (Wildman–Crippen MR) is 59.9 cm³/mol. The summed E-state index contributed by atoms with van der Waals surface area (Å²) >= 11 is 0. The first-order chi connectivity index (χ1) is 7.03. The molecule has 2 rings (SSSR count). The molecule has 1 aromatic rings. The standard InChI is InChI=1S/C13H18O2/c1-9(2)13(3)8-11(14)10-6-4-5-7-12(10)15-13/h4-7,9,11,14H,8H2,1-3H3. The maximum absolute atomic E-state index is 10.1. The Labute approximate surface area is 90.9 Å². The molecule has 0 saturated heterocycles. The Morgan fingerprint density at radius 3 is 2.73 bits per heavy atom. The number of benzene rings is 1. The minimum Gasteiger partial charge on any atom is -0.487 e. The van der Waals surface area contributed by atoms with E-state index in [1.807, 2.05) is 24.3 Å². The van der Waals surface area contributed by atoms with Crippen molar-refractivity contribution in [3.05, 3.63) is 29.8 Å². The van der Waals surface area contributed by atoms with Crippen LogP contribution in [0.25, 0.3) is 0 Å². The van der Waals surface area contributed by atoms with E-state index in [-0.39, 0.29) is 5.60 Å². The molecule has 0 bridgehead atoms. The number of fused-ring (bicyclic) bond motifs is 1. The summed E-state index contributed by atoms with van der Waals surface area (Å²) in [5.74, 6) is 1.22. The third-order valence-corrected chi connectivity index (χ3v) is 3.44. The van der Waals surface area contributed by atoms with Gasteiger partial charge in [0.15, 0.2) is 0 Å². The normalized spacial score (nSPS) is 29.8. The van der Waals surface area contributed by atoms with Gasteiger partial charge < -0.3 is 9.84 Å². The lowest BCUT2D eigenvalue weighted by atomic mass is 9.82. The van der Waals surface area contributed by atoms with E-state index < -0.39 is 6.10 Å². The summed E-state index contributed by atoms with van der Waals surface area (Å²) in [6, 6.07) is 7.74. The van der Waals surface area contributed by atoms with Crippen LogP contribution in [0.2, 0.25) is 0 Å². The molecule has 0 fully saturated rings. The molecule has 1 N–H and O–H groups in total. The number of hydrogen-bond donors (Lipinski definition) is 1. The maximum Gasteiger partial charge on any atom is 0.125 e. The van der Waals surface area contributed by atoms with Crippen molar-refractivity contribution in [1.82, 2.24) is 0 Å². The number of para-hydroxylation sites is 1. The first-order valence-corrected chi connectivity index (χ1v) is 5.49. The molecular formula is C13H18O2. The molecule has 1 heterocycles. The summed E-state index contributed by atoms with van der Waals surface area (Å²) in [4.78, 5) is 0. The van der Waals surface area contributed by atoms with Gasteiger partial charge in [-0.05, 0) is 18.9 Å². The first kappa shape index (κ1) is 10.5. The zero-order valence-electron chi connectivity index (χ0n) is 9.53. The second-order valence-electron chi connectivity index (χ2n) is 4.83. The van der Waals surface area contributed by atoms with E-state index in [0.29, 0.717) is 12.3 Å². The van der Waals surface area contributed by atoms with Crippen molar-refractivity contribution < 1.29 is 9.84 Å². The highest BCUT2D eigenvalue weighted by atomic mass is 16.5. The molecule has 0 radical (unpaired) electrons. The molecule has 0 saturated carbocycles.